The number of hydrogen-bond acceptors (Lipinski definition) is 5. The number of carboxylic acids is 1. The Hall–Kier alpha value is -2.00. The molecule has 0 aliphatic carbocycles. The van der Waals surface area contributed by atoms with Crippen LogP contribution in [0.2, 0.25) is 0 Å². The van der Waals surface area contributed by atoms with Crippen molar-refractivity contribution in [3.8, 4) is 0 Å². The zero-order valence-corrected chi connectivity index (χ0v) is 12.7. The average Bonchev–Trinajstić information content (AvgIpc) is 2.34. The first kappa shape index (κ1) is 17.1. The molecule has 8 nitrogen and oxygen atoms in total. The number of non-ortho nitro benzene ring substituents is 1. The van der Waals surface area contributed by atoms with Crippen LogP contribution < -0.4 is 0 Å². The zero-order valence-electron chi connectivity index (χ0n) is 11.9. The normalized spacial score (nSPS) is 11.6. The number of nitrogens with zero attached hydrogens (tertiary/aromatic N) is 2. The molecule has 0 aliphatic rings. The van der Waals surface area contributed by atoms with Gasteiger partial charge in [-0.25, -0.2) is 12.7 Å². The second kappa shape index (κ2) is 6.19. The van der Waals surface area contributed by atoms with Gasteiger partial charge in [0.05, 0.1) is 16.2 Å². The van der Waals surface area contributed by atoms with E-state index in [4.69, 9.17) is 5.11 Å². The number of benzene rings is 1. The van der Waals surface area contributed by atoms with Gasteiger partial charge in [0.2, 0.25) is 10.0 Å². The number of sulfonamides is 1. The van der Waals surface area contributed by atoms with Crippen molar-refractivity contribution in [1.82, 2.24) is 4.31 Å². The Labute approximate surface area is 122 Å². The predicted octanol–water partition coefficient (Wildman–Crippen LogP) is 1.31. The van der Waals surface area contributed by atoms with E-state index in [1.807, 2.05) is 0 Å². The van der Waals surface area contributed by atoms with Crippen LogP contribution in [-0.2, 0) is 14.8 Å². The number of rotatable bonds is 6. The molecular weight excluding hydrogens is 300 g/mol. The number of carbonyl (C=O) groups is 1. The Morgan fingerprint density at radius 2 is 1.81 bits per heavy atom. The first-order chi connectivity index (χ1) is 9.57. The van der Waals surface area contributed by atoms with Crippen LogP contribution in [0.3, 0.4) is 0 Å². The highest BCUT2D eigenvalue weighted by Gasteiger charge is 2.27. The number of nitro benzene ring substituents is 1. The third-order valence-electron chi connectivity index (χ3n) is 2.96. The molecule has 1 aromatic rings. The van der Waals surface area contributed by atoms with Crippen molar-refractivity contribution < 1.29 is 23.2 Å². The van der Waals surface area contributed by atoms with Gasteiger partial charge in [0.15, 0.2) is 0 Å². The van der Waals surface area contributed by atoms with Crippen molar-refractivity contribution in [3.05, 3.63) is 33.4 Å². The maximum atomic E-state index is 12.4. The first-order valence-electron chi connectivity index (χ1n) is 6.01. The molecule has 1 aromatic carbocycles. The van der Waals surface area contributed by atoms with Crippen molar-refractivity contribution in [2.45, 2.75) is 25.2 Å². The van der Waals surface area contributed by atoms with Gasteiger partial charge in [-0.05, 0) is 25.0 Å². The smallest absolute Gasteiger partial charge is 0.304 e. The Morgan fingerprint density at radius 1 is 1.33 bits per heavy atom. The molecule has 0 fully saturated rings. The second-order valence-corrected chi connectivity index (χ2v) is 6.62. The number of carboxylic acid groups (broad SMARTS) is 1. The molecule has 9 heteroatoms. The summed E-state index contributed by atoms with van der Waals surface area (Å²) in [6.45, 7) is 2.77. The highest BCUT2D eigenvalue weighted by atomic mass is 32.2. The zero-order chi connectivity index (χ0) is 16.4. The fraction of sp³-hybridized carbons (Fsp3) is 0.417. The molecule has 116 valence electrons. The third kappa shape index (κ3) is 3.76. The van der Waals surface area contributed by atoms with Gasteiger partial charge in [0.1, 0.15) is 0 Å². The van der Waals surface area contributed by atoms with Crippen LogP contribution in [0.25, 0.3) is 0 Å². The lowest BCUT2D eigenvalue weighted by Gasteiger charge is -2.19. The summed E-state index contributed by atoms with van der Waals surface area (Å²) >= 11 is 0. The van der Waals surface area contributed by atoms with Crippen LogP contribution in [0, 0.1) is 24.0 Å². The summed E-state index contributed by atoms with van der Waals surface area (Å²) in [7, 11) is -2.61. The standard InChI is InChI=1S/C12H16N2O6S/c1-8-6-10(14(17)18)7-9(2)12(8)21(19,20)13(3)5-4-11(15)16/h6-7H,4-5H2,1-3H3,(H,15,16). The number of aliphatic carboxylic acids is 1. The van der Waals surface area contributed by atoms with Crippen molar-refractivity contribution in [3.63, 3.8) is 0 Å². The van der Waals surface area contributed by atoms with Gasteiger partial charge in [-0.3, -0.25) is 14.9 Å². The molecule has 0 atom stereocenters. The van der Waals surface area contributed by atoms with Crippen molar-refractivity contribution >= 4 is 21.7 Å². The van der Waals surface area contributed by atoms with Gasteiger partial charge in [-0.15, -0.1) is 0 Å². The molecule has 0 spiro atoms. The Kier molecular flexibility index (Phi) is 5.02. The molecule has 21 heavy (non-hydrogen) atoms. The molecule has 1 N–H and O–H groups in total. The summed E-state index contributed by atoms with van der Waals surface area (Å²) < 4.78 is 25.8. The first-order valence-corrected chi connectivity index (χ1v) is 7.45. The minimum atomic E-state index is -3.89. The second-order valence-electron chi connectivity index (χ2n) is 4.64. The molecule has 0 bridgehead atoms. The molecular formula is C12H16N2O6S. The minimum Gasteiger partial charge on any atom is -0.481 e. The Balaban J connectivity index is 3.26. The molecule has 0 saturated heterocycles. The van der Waals surface area contributed by atoms with Gasteiger partial charge in [-0.2, -0.15) is 0 Å². The van der Waals surface area contributed by atoms with Crippen LogP contribution in [0.4, 0.5) is 5.69 Å². The van der Waals surface area contributed by atoms with Gasteiger partial charge >= 0.3 is 5.97 Å². The summed E-state index contributed by atoms with van der Waals surface area (Å²) in [5, 5.41) is 19.4. The predicted molar refractivity (Wildman–Crippen MR) is 74.6 cm³/mol. The highest BCUT2D eigenvalue weighted by Crippen LogP contribution is 2.27. The van der Waals surface area contributed by atoms with Crippen LogP contribution in [0.15, 0.2) is 17.0 Å². The third-order valence-corrected chi connectivity index (χ3v) is 5.13. The summed E-state index contributed by atoms with van der Waals surface area (Å²) in [5.74, 6) is -1.10. The van der Waals surface area contributed by atoms with E-state index < -0.39 is 20.9 Å². The van der Waals surface area contributed by atoms with Crippen molar-refractivity contribution in [1.29, 1.82) is 0 Å². The topological polar surface area (TPSA) is 118 Å². The SMILES string of the molecule is Cc1cc([N+](=O)[O-])cc(C)c1S(=O)(=O)N(C)CCC(=O)O. The van der Waals surface area contributed by atoms with Crippen LogP contribution in [0.1, 0.15) is 17.5 Å². The van der Waals surface area contributed by atoms with Crippen LogP contribution >= 0.6 is 0 Å². The fourth-order valence-electron chi connectivity index (χ4n) is 1.97. The van der Waals surface area contributed by atoms with E-state index in [0.29, 0.717) is 0 Å². The van der Waals surface area contributed by atoms with E-state index in [-0.39, 0.29) is 34.7 Å². The van der Waals surface area contributed by atoms with Crippen molar-refractivity contribution in [2.24, 2.45) is 0 Å². The van der Waals surface area contributed by atoms with E-state index >= 15 is 0 Å². The summed E-state index contributed by atoms with van der Waals surface area (Å²) in [5.41, 5.74) is 0.324. The van der Waals surface area contributed by atoms with Crippen molar-refractivity contribution in [2.75, 3.05) is 13.6 Å². The number of hydrogen-bond donors (Lipinski definition) is 1. The molecule has 1 rings (SSSR count). The van der Waals surface area contributed by atoms with E-state index in [2.05, 4.69) is 0 Å². The van der Waals surface area contributed by atoms with E-state index in [0.717, 1.165) is 4.31 Å². The monoisotopic (exact) mass is 316 g/mol. The fourth-order valence-corrected chi connectivity index (χ4v) is 3.54. The summed E-state index contributed by atoms with van der Waals surface area (Å²) in [4.78, 5) is 20.7. The van der Waals surface area contributed by atoms with Gasteiger partial charge in [0, 0.05) is 25.7 Å². The van der Waals surface area contributed by atoms with E-state index in [1.165, 1.54) is 33.0 Å². The molecule has 0 unspecified atom stereocenters. The van der Waals surface area contributed by atoms with Crippen LogP contribution in [-0.4, -0.2) is 42.3 Å². The average molecular weight is 316 g/mol. The summed E-state index contributed by atoms with van der Waals surface area (Å²) in [6, 6.07) is 2.37. The minimum absolute atomic E-state index is 0.0269. The molecule has 0 aliphatic heterocycles. The largest absolute Gasteiger partial charge is 0.481 e. The number of aryl methyl sites for hydroxylation is 2. The lowest BCUT2D eigenvalue weighted by atomic mass is 10.1. The molecule has 0 saturated carbocycles. The van der Waals surface area contributed by atoms with E-state index in [9.17, 15) is 23.3 Å². The van der Waals surface area contributed by atoms with Gasteiger partial charge in [-0.1, -0.05) is 0 Å². The molecule has 0 radical (unpaired) electrons. The summed E-state index contributed by atoms with van der Waals surface area (Å²) in [6.07, 6.45) is -0.319. The molecule has 0 amide bonds. The quantitative estimate of drug-likeness (QED) is 0.624. The van der Waals surface area contributed by atoms with Crippen LogP contribution in [0.5, 0.6) is 0 Å². The maximum absolute atomic E-state index is 12.4. The number of nitro groups is 1. The molecule has 0 heterocycles. The Morgan fingerprint density at radius 3 is 2.19 bits per heavy atom. The Bertz CT molecular complexity index is 660. The highest BCUT2D eigenvalue weighted by molar-refractivity contribution is 7.89. The lowest BCUT2D eigenvalue weighted by molar-refractivity contribution is -0.385. The van der Waals surface area contributed by atoms with E-state index in [1.54, 1.807) is 0 Å². The van der Waals surface area contributed by atoms with Gasteiger partial charge < -0.3 is 5.11 Å². The lowest BCUT2D eigenvalue weighted by Crippen LogP contribution is -2.30. The maximum Gasteiger partial charge on any atom is 0.304 e. The van der Waals surface area contributed by atoms with Gasteiger partial charge in [0.25, 0.3) is 5.69 Å². The molecule has 0 aromatic heterocycles.